The molecule has 1 aromatic rings. The third kappa shape index (κ3) is 1.34. The van der Waals surface area contributed by atoms with E-state index in [-0.39, 0.29) is 5.54 Å². The predicted molar refractivity (Wildman–Crippen MR) is 47.6 cm³/mol. The number of nitrogens with zero attached hydrogens (tertiary/aromatic N) is 3. The molecular weight excluding hydrogens is 152 g/mol. The topological polar surface area (TPSA) is 56.7 Å². The summed E-state index contributed by atoms with van der Waals surface area (Å²) in [5.41, 5.74) is 5.66. The summed E-state index contributed by atoms with van der Waals surface area (Å²) in [6.07, 6.45) is 0.860. The lowest BCUT2D eigenvalue weighted by Crippen LogP contribution is -2.35. The highest BCUT2D eigenvalue weighted by atomic mass is 15.3. The molecule has 0 saturated carbocycles. The molecule has 4 nitrogen and oxygen atoms in total. The summed E-state index contributed by atoms with van der Waals surface area (Å²) < 4.78 is 1.93. The molecule has 0 amide bonds. The van der Waals surface area contributed by atoms with E-state index >= 15 is 0 Å². The Bertz CT molecular complexity index is 275. The van der Waals surface area contributed by atoms with Crippen molar-refractivity contribution in [3.8, 4) is 0 Å². The second kappa shape index (κ2) is 2.86. The van der Waals surface area contributed by atoms with Gasteiger partial charge < -0.3 is 10.3 Å². The van der Waals surface area contributed by atoms with Gasteiger partial charge in [0.1, 0.15) is 5.82 Å². The van der Waals surface area contributed by atoms with Crippen LogP contribution in [0.15, 0.2) is 0 Å². The molecule has 1 rings (SSSR count). The van der Waals surface area contributed by atoms with E-state index in [1.54, 1.807) is 0 Å². The van der Waals surface area contributed by atoms with Crippen molar-refractivity contribution in [3.63, 3.8) is 0 Å². The van der Waals surface area contributed by atoms with Crippen molar-refractivity contribution in [2.45, 2.75) is 32.7 Å². The van der Waals surface area contributed by atoms with Crippen LogP contribution in [0.2, 0.25) is 0 Å². The standard InChI is InChI=1S/C8H16N4/c1-5-8(3,9)7-11-10-6(2)12(7)4/h5,9H2,1-4H3. The van der Waals surface area contributed by atoms with E-state index in [4.69, 9.17) is 5.73 Å². The first-order valence-corrected chi connectivity index (χ1v) is 4.14. The van der Waals surface area contributed by atoms with Gasteiger partial charge in [-0.1, -0.05) is 6.92 Å². The average molecular weight is 168 g/mol. The van der Waals surface area contributed by atoms with E-state index in [0.29, 0.717) is 0 Å². The van der Waals surface area contributed by atoms with Gasteiger partial charge in [0, 0.05) is 7.05 Å². The zero-order valence-corrected chi connectivity index (χ0v) is 8.13. The maximum absolute atomic E-state index is 6.03. The van der Waals surface area contributed by atoms with Crippen LogP contribution in [0.25, 0.3) is 0 Å². The fraction of sp³-hybridized carbons (Fsp3) is 0.750. The zero-order valence-electron chi connectivity index (χ0n) is 8.13. The van der Waals surface area contributed by atoms with Crippen molar-refractivity contribution in [2.75, 3.05) is 0 Å². The number of hydrogen-bond donors (Lipinski definition) is 1. The largest absolute Gasteiger partial charge is 0.319 e. The van der Waals surface area contributed by atoms with Crippen LogP contribution >= 0.6 is 0 Å². The lowest BCUT2D eigenvalue weighted by atomic mass is 10.00. The molecule has 2 N–H and O–H groups in total. The Morgan fingerprint density at radius 2 is 2.08 bits per heavy atom. The molecular formula is C8H16N4. The lowest BCUT2D eigenvalue weighted by Gasteiger charge is -2.21. The van der Waals surface area contributed by atoms with Crippen LogP contribution in [0.1, 0.15) is 31.9 Å². The van der Waals surface area contributed by atoms with E-state index in [0.717, 1.165) is 18.1 Å². The normalized spacial score (nSPS) is 16.1. The fourth-order valence-electron chi connectivity index (χ4n) is 1.06. The first-order valence-electron chi connectivity index (χ1n) is 4.14. The third-order valence-electron chi connectivity index (χ3n) is 2.34. The third-order valence-corrected chi connectivity index (χ3v) is 2.34. The average Bonchev–Trinajstić information content (AvgIpc) is 2.33. The Labute approximate surface area is 72.8 Å². The Morgan fingerprint density at radius 1 is 1.50 bits per heavy atom. The van der Waals surface area contributed by atoms with Gasteiger partial charge >= 0.3 is 0 Å². The Morgan fingerprint density at radius 3 is 2.42 bits per heavy atom. The number of aryl methyl sites for hydroxylation is 1. The summed E-state index contributed by atoms with van der Waals surface area (Å²) in [7, 11) is 1.94. The summed E-state index contributed by atoms with van der Waals surface area (Å²) in [5.74, 6) is 1.75. The summed E-state index contributed by atoms with van der Waals surface area (Å²) in [6, 6.07) is 0. The fourth-order valence-corrected chi connectivity index (χ4v) is 1.06. The molecule has 0 radical (unpaired) electrons. The van der Waals surface area contributed by atoms with Crippen LogP contribution in [0.5, 0.6) is 0 Å². The van der Waals surface area contributed by atoms with Crippen molar-refractivity contribution in [2.24, 2.45) is 12.8 Å². The van der Waals surface area contributed by atoms with Gasteiger partial charge in [-0.15, -0.1) is 10.2 Å². The van der Waals surface area contributed by atoms with Crippen molar-refractivity contribution < 1.29 is 0 Å². The van der Waals surface area contributed by atoms with E-state index in [9.17, 15) is 0 Å². The van der Waals surface area contributed by atoms with E-state index in [1.165, 1.54) is 0 Å². The molecule has 68 valence electrons. The second-order valence-corrected chi connectivity index (χ2v) is 3.40. The van der Waals surface area contributed by atoms with Gasteiger partial charge in [0.25, 0.3) is 0 Å². The molecule has 0 aliphatic heterocycles. The summed E-state index contributed by atoms with van der Waals surface area (Å²) in [5, 5.41) is 8.01. The maximum atomic E-state index is 6.03. The molecule has 1 aromatic heterocycles. The van der Waals surface area contributed by atoms with Crippen LogP contribution in [-0.4, -0.2) is 14.8 Å². The van der Waals surface area contributed by atoms with Gasteiger partial charge in [0.15, 0.2) is 5.82 Å². The van der Waals surface area contributed by atoms with Crippen LogP contribution in [0.3, 0.4) is 0 Å². The molecule has 0 spiro atoms. The molecule has 0 saturated heterocycles. The van der Waals surface area contributed by atoms with Crippen LogP contribution in [-0.2, 0) is 12.6 Å². The maximum Gasteiger partial charge on any atom is 0.152 e. The van der Waals surface area contributed by atoms with Crippen molar-refractivity contribution >= 4 is 0 Å². The highest BCUT2D eigenvalue weighted by Crippen LogP contribution is 2.18. The van der Waals surface area contributed by atoms with Gasteiger partial charge in [-0.05, 0) is 20.3 Å². The molecule has 1 heterocycles. The van der Waals surface area contributed by atoms with E-state index in [2.05, 4.69) is 10.2 Å². The smallest absolute Gasteiger partial charge is 0.152 e. The number of aromatic nitrogens is 3. The van der Waals surface area contributed by atoms with Gasteiger partial charge in [-0.2, -0.15) is 0 Å². The SMILES string of the molecule is CCC(C)(N)c1nnc(C)n1C. The molecule has 0 bridgehead atoms. The quantitative estimate of drug-likeness (QED) is 0.707. The van der Waals surface area contributed by atoms with Crippen molar-refractivity contribution in [1.29, 1.82) is 0 Å². The number of hydrogen-bond acceptors (Lipinski definition) is 3. The van der Waals surface area contributed by atoms with Gasteiger partial charge in [-0.3, -0.25) is 0 Å². The first kappa shape index (κ1) is 9.19. The number of rotatable bonds is 2. The molecule has 0 aliphatic rings. The summed E-state index contributed by atoms with van der Waals surface area (Å²) >= 11 is 0. The molecule has 12 heavy (non-hydrogen) atoms. The minimum Gasteiger partial charge on any atom is -0.319 e. The Hall–Kier alpha value is -0.900. The van der Waals surface area contributed by atoms with Crippen LogP contribution in [0.4, 0.5) is 0 Å². The first-order chi connectivity index (χ1) is 5.49. The van der Waals surface area contributed by atoms with Gasteiger partial charge in [-0.25, -0.2) is 0 Å². The monoisotopic (exact) mass is 168 g/mol. The van der Waals surface area contributed by atoms with Gasteiger partial charge in [0.05, 0.1) is 5.54 Å². The van der Waals surface area contributed by atoms with E-state index < -0.39 is 0 Å². The minimum absolute atomic E-state index is 0.365. The lowest BCUT2D eigenvalue weighted by molar-refractivity contribution is 0.429. The highest BCUT2D eigenvalue weighted by molar-refractivity contribution is 5.04. The van der Waals surface area contributed by atoms with Crippen LogP contribution < -0.4 is 5.73 Å². The predicted octanol–water partition coefficient (Wildman–Crippen LogP) is 0.707. The molecule has 1 unspecified atom stereocenters. The van der Waals surface area contributed by atoms with Crippen LogP contribution in [0, 0.1) is 6.92 Å². The van der Waals surface area contributed by atoms with Crippen molar-refractivity contribution in [1.82, 2.24) is 14.8 Å². The number of nitrogens with two attached hydrogens (primary N) is 1. The Kier molecular flexibility index (Phi) is 2.19. The summed E-state index contributed by atoms with van der Waals surface area (Å²) in [6.45, 7) is 5.93. The highest BCUT2D eigenvalue weighted by Gasteiger charge is 2.24. The van der Waals surface area contributed by atoms with Gasteiger partial charge in [0.2, 0.25) is 0 Å². The molecule has 4 heteroatoms. The molecule has 0 aromatic carbocycles. The molecule has 0 aliphatic carbocycles. The minimum atomic E-state index is -0.365. The van der Waals surface area contributed by atoms with E-state index in [1.807, 2.05) is 32.4 Å². The molecule has 0 fully saturated rings. The zero-order chi connectivity index (χ0) is 9.35. The Balaban J connectivity index is 3.11. The molecule has 1 atom stereocenters. The van der Waals surface area contributed by atoms with Crippen molar-refractivity contribution in [3.05, 3.63) is 11.6 Å². The summed E-state index contributed by atoms with van der Waals surface area (Å²) in [4.78, 5) is 0. The second-order valence-electron chi connectivity index (χ2n) is 3.40.